The average molecular weight is 420 g/mol. The van der Waals surface area contributed by atoms with Crippen LogP contribution in [0.1, 0.15) is 46.5 Å². The minimum absolute atomic E-state index is 0.0678. The molecule has 1 aromatic carbocycles. The number of ether oxygens (including phenoxy) is 2. The van der Waals surface area contributed by atoms with Gasteiger partial charge in [-0.1, -0.05) is 20.8 Å². The van der Waals surface area contributed by atoms with Gasteiger partial charge in [0, 0.05) is 6.42 Å². The maximum Gasteiger partial charge on any atom is 0.326 e. The zero-order valence-electron chi connectivity index (χ0n) is 17.7. The molecule has 1 spiro atoms. The normalized spacial score (nSPS) is 25.3. The summed E-state index contributed by atoms with van der Waals surface area (Å²) < 4.78 is 23.4. The summed E-state index contributed by atoms with van der Waals surface area (Å²) in [4.78, 5) is 38.5. The number of nitrogens with zero attached hydrogens (tertiary/aromatic N) is 1. The lowest BCUT2D eigenvalue weighted by molar-refractivity contribution is -0.148. The maximum absolute atomic E-state index is 13.0. The molecule has 30 heavy (non-hydrogen) atoms. The summed E-state index contributed by atoms with van der Waals surface area (Å²) in [7, 11) is 0. The first-order valence-electron chi connectivity index (χ1n) is 10.3. The Bertz CT molecular complexity index is 810. The van der Waals surface area contributed by atoms with Gasteiger partial charge in [-0.3, -0.25) is 14.5 Å². The molecule has 1 N–H and O–H groups in total. The fourth-order valence-electron chi connectivity index (χ4n) is 4.79. The van der Waals surface area contributed by atoms with E-state index in [1.807, 2.05) is 0 Å². The molecule has 1 aliphatic heterocycles. The highest BCUT2D eigenvalue weighted by Gasteiger charge is 2.56. The number of esters is 1. The van der Waals surface area contributed by atoms with Crippen LogP contribution in [0, 0.1) is 17.2 Å². The van der Waals surface area contributed by atoms with Crippen molar-refractivity contribution in [2.45, 2.75) is 52.0 Å². The van der Waals surface area contributed by atoms with Crippen molar-refractivity contribution < 1.29 is 28.2 Å². The topological polar surface area (TPSA) is 84.9 Å². The maximum atomic E-state index is 13.0. The zero-order chi connectivity index (χ0) is 21.9. The van der Waals surface area contributed by atoms with E-state index in [0.29, 0.717) is 30.9 Å². The molecule has 0 unspecified atom stereocenters. The third-order valence-corrected chi connectivity index (χ3v) is 5.55. The zero-order valence-corrected chi connectivity index (χ0v) is 17.7. The van der Waals surface area contributed by atoms with Gasteiger partial charge in [-0.05, 0) is 54.9 Å². The molecule has 164 valence electrons. The van der Waals surface area contributed by atoms with Gasteiger partial charge in [0.05, 0.1) is 13.2 Å². The Hall–Kier alpha value is -2.64. The Balaban J connectivity index is 1.45. The van der Waals surface area contributed by atoms with E-state index in [-0.39, 0.29) is 30.4 Å². The molecule has 0 aromatic heterocycles. The molecule has 3 amide bonds. The Morgan fingerprint density at radius 3 is 2.57 bits per heavy atom. The molecule has 2 aliphatic rings. The van der Waals surface area contributed by atoms with Gasteiger partial charge in [-0.2, -0.15) is 0 Å². The van der Waals surface area contributed by atoms with E-state index in [1.54, 1.807) is 0 Å². The van der Waals surface area contributed by atoms with E-state index in [9.17, 15) is 18.8 Å². The molecule has 0 radical (unpaired) electrons. The summed E-state index contributed by atoms with van der Waals surface area (Å²) in [5, 5.41) is 2.84. The molecule has 0 bridgehead atoms. The molecule has 1 saturated carbocycles. The lowest BCUT2D eigenvalue weighted by atomic mass is 9.64. The summed E-state index contributed by atoms with van der Waals surface area (Å²) in [5.74, 6) is -0.503. The number of nitrogens with one attached hydrogen (secondary N) is 1. The SMILES string of the molecule is C[C@@H]1CC(C)(C)C[C@@]2(C1)NC(=O)N(CC(=O)OCCCOc1ccc(F)cc1)C2=O. The number of halogens is 1. The summed E-state index contributed by atoms with van der Waals surface area (Å²) in [6, 6.07) is 5.09. The molecular weight excluding hydrogens is 391 g/mol. The highest BCUT2D eigenvalue weighted by Crippen LogP contribution is 2.46. The van der Waals surface area contributed by atoms with Crippen molar-refractivity contribution in [3.63, 3.8) is 0 Å². The molecule has 8 heteroatoms. The van der Waals surface area contributed by atoms with E-state index in [2.05, 4.69) is 26.1 Å². The molecular formula is C22H29FN2O5. The predicted molar refractivity (Wildman–Crippen MR) is 107 cm³/mol. The van der Waals surface area contributed by atoms with Gasteiger partial charge in [-0.15, -0.1) is 0 Å². The number of rotatable bonds is 7. The van der Waals surface area contributed by atoms with Crippen LogP contribution in [0.4, 0.5) is 9.18 Å². The number of carbonyl (C=O) groups excluding carboxylic acids is 3. The van der Waals surface area contributed by atoms with E-state index < -0.39 is 24.1 Å². The first-order chi connectivity index (χ1) is 14.1. The largest absolute Gasteiger partial charge is 0.493 e. The van der Waals surface area contributed by atoms with Crippen LogP contribution in [-0.2, 0) is 14.3 Å². The molecule has 2 fully saturated rings. The number of benzene rings is 1. The molecule has 1 aromatic rings. The fraction of sp³-hybridized carbons (Fsp3) is 0.591. The highest BCUT2D eigenvalue weighted by atomic mass is 19.1. The van der Waals surface area contributed by atoms with Crippen LogP contribution in [0.2, 0.25) is 0 Å². The Morgan fingerprint density at radius 1 is 1.20 bits per heavy atom. The Labute approximate surface area is 175 Å². The van der Waals surface area contributed by atoms with Crippen molar-refractivity contribution in [2.75, 3.05) is 19.8 Å². The van der Waals surface area contributed by atoms with Crippen molar-refractivity contribution in [2.24, 2.45) is 11.3 Å². The minimum atomic E-state index is -0.929. The van der Waals surface area contributed by atoms with Crippen LogP contribution in [0.3, 0.4) is 0 Å². The summed E-state index contributed by atoms with van der Waals surface area (Å²) in [6.07, 6.45) is 2.55. The monoisotopic (exact) mass is 420 g/mol. The second kappa shape index (κ2) is 8.62. The van der Waals surface area contributed by atoms with Crippen molar-refractivity contribution in [1.82, 2.24) is 10.2 Å². The summed E-state index contributed by atoms with van der Waals surface area (Å²) in [6.45, 7) is 6.24. The van der Waals surface area contributed by atoms with E-state index in [1.165, 1.54) is 24.3 Å². The first kappa shape index (κ1) is 22.1. The number of hydrogen-bond donors (Lipinski definition) is 1. The summed E-state index contributed by atoms with van der Waals surface area (Å²) >= 11 is 0. The second-order valence-corrected chi connectivity index (χ2v) is 9.13. The lowest BCUT2D eigenvalue weighted by Crippen LogP contribution is -2.54. The van der Waals surface area contributed by atoms with Crippen molar-refractivity contribution in [3.8, 4) is 5.75 Å². The van der Waals surface area contributed by atoms with E-state index in [0.717, 1.165) is 11.3 Å². The quantitative estimate of drug-likeness (QED) is 0.416. The third kappa shape index (κ3) is 5.09. The highest BCUT2D eigenvalue weighted by molar-refractivity contribution is 6.08. The third-order valence-electron chi connectivity index (χ3n) is 5.55. The van der Waals surface area contributed by atoms with Crippen LogP contribution >= 0.6 is 0 Å². The molecule has 3 rings (SSSR count). The molecule has 1 heterocycles. The standard InChI is InChI=1S/C22H29FN2O5/c1-15-11-21(2,3)14-22(12-15)19(27)25(20(28)24-22)13-18(26)30-10-4-9-29-17-7-5-16(23)6-8-17/h5-8,15H,4,9-14H2,1-3H3,(H,24,28)/t15-,22-/m1/s1. The number of hydrogen-bond acceptors (Lipinski definition) is 5. The lowest BCUT2D eigenvalue weighted by Gasteiger charge is -2.43. The van der Waals surface area contributed by atoms with Crippen molar-refractivity contribution >= 4 is 17.9 Å². The van der Waals surface area contributed by atoms with Gasteiger partial charge >= 0.3 is 12.0 Å². The van der Waals surface area contributed by atoms with E-state index in [4.69, 9.17) is 9.47 Å². The van der Waals surface area contributed by atoms with Gasteiger partial charge in [-0.25, -0.2) is 9.18 Å². The number of amides is 3. The second-order valence-electron chi connectivity index (χ2n) is 9.13. The van der Waals surface area contributed by atoms with Gasteiger partial charge in [0.25, 0.3) is 5.91 Å². The van der Waals surface area contributed by atoms with Crippen LogP contribution in [0.25, 0.3) is 0 Å². The Morgan fingerprint density at radius 2 is 1.90 bits per heavy atom. The van der Waals surface area contributed by atoms with Crippen LogP contribution in [0.15, 0.2) is 24.3 Å². The van der Waals surface area contributed by atoms with E-state index >= 15 is 0 Å². The van der Waals surface area contributed by atoms with Gasteiger partial charge < -0.3 is 14.8 Å². The smallest absolute Gasteiger partial charge is 0.326 e. The van der Waals surface area contributed by atoms with Gasteiger partial charge in [0.15, 0.2) is 0 Å². The summed E-state index contributed by atoms with van der Waals surface area (Å²) in [5.41, 5.74) is -0.997. The average Bonchev–Trinajstić information content (AvgIpc) is 2.84. The van der Waals surface area contributed by atoms with Crippen LogP contribution < -0.4 is 10.1 Å². The number of urea groups is 1. The van der Waals surface area contributed by atoms with Crippen molar-refractivity contribution in [3.05, 3.63) is 30.1 Å². The van der Waals surface area contributed by atoms with Gasteiger partial charge in [0.1, 0.15) is 23.7 Å². The molecule has 7 nitrogen and oxygen atoms in total. The Kier molecular flexibility index (Phi) is 6.33. The van der Waals surface area contributed by atoms with Crippen LogP contribution in [0.5, 0.6) is 5.75 Å². The number of imide groups is 1. The fourth-order valence-corrected chi connectivity index (χ4v) is 4.79. The van der Waals surface area contributed by atoms with Crippen LogP contribution in [-0.4, -0.2) is 48.1 Å². The molecule has 1 saturated heterocycles. The molecule has 2 atom stereocenters. The van der Waals surface area contributed by atoms with Crippen molar-refractivity contribution in [1.29, 1.82) is 0 Å². The predicted octanol–water partition coefficient (Wildman–Crippen LogP) is 3.27. The van der Waals surface area contributed by atoms with Gasteiger partial charge in [0.2, 0.25) is 0 Å². The molecule has 1 aliphatic carbocycles. The minimum Gasteiger partial charge on any atom is -0.493 e. The number of carbonyl (C=O) groups is 3. The first-order valence-corrected chi connectivity index (χ1v) is 10.3.